The Kier molecular flexibility index (Phi) is 40.9. The van der Waals surface area contributed by atoms with Crippen molar-refractivity contribution in [3.63, 3.8) is 0 Å². The highest BCUT2D eigenvalue weighted by molar-refractivity contribution is 5.53. The van der Waals surface area contributed by atoms with Crippen molar-refractivity contribution >= 4 is 0 Å². The summed E-state index contributed by atoms with van der Waals surface area (Å²) in [6, 6.07) is 15.9. The summed E-state index contributed by atoms with van der Waals surface area (Å²) in [6.45, 7) is 32.2. The minimum absolute atomic E-state index is 0.0723. The van der Waals surface area contributed by atoms with Crippen LogP contribution < -0.4 is 0 Å². The van der Waals surface area contributed by atoms with Crippen LogP contribution >= 0.6 is 0 Å². The van der Waals surface area contributed by atoms with Crippen molar-refractivity contribution < 1.29 is 0 Å². The van der Waals surface area contributed by atoms with E-state index in [4.69, 9.17) is 0 Å². The van der Waals surface area contributed by atoms with E-state index in [1.807, 2.05) is 0 Å². The average Bonchev–Trinajstić information content (AvgIpc) is 3.60. The number of hydrogen-bond donors (Lipinski definition) is 0. The van der Waals surface area contributed by atoms with Gasteiger partial charge in [-0.1, -0.05) is 401 Å². The molecule has 0 aliphatic heterocycles. The lowest BCUT2D eigenvalue weighted by Crippen LogP contribution is -2.52. The predicted octanol–water partition coefficient (Wildman–Crippen LogP) is 27.6. The van der Waals surface area contributed by atoms with Gasteiger partial charge in [0.2, 0.25) is 0 Å². The van der Waals surface area contributed by atoms with E-state index in [1.165, 1.54) is 319 Å². The van der Waals surface area contributed by atoms with E-state index >= 15 is 0 Å². The van der Waals surface area contributed by atoms with E-state index in [9.17, 15) is 0 Å². The SMILES string of the molecule is CCCCCCCCCCCCCC(C)C(CCCCCCCCCCCCC)(CCCCCCCCCCCCC)C(CCCCCCCCCCCCC)(c1cc(C(C)(C)C)ccc1C)c1cc(C(C)(C)C)ccc1C. The zero-order chi connectivity index (χ0) is 57.2. The molecule has 0 amide bonds. The number of hydrogen-bond acceptors (Lipinski definition) is 0. The summed E-state index contributed by atoms with van der Waals surface area (Å²) in [4.78, 5) is 0. The molecule has 0 saturated carbocycles. The molecule has 0 saturated heterocycles. The molecule has 0 heteroatoms. The second kappa shape index (κ2) is 44.0. The zero-order valence-corrected chi connectivity index (χ0v) is 56.0. The van der Waals surface area contributed by atoms with Crippen LogP contribution in [0, 0.1) is 25.2 Å². The van der Waals surface area contributed by atoms with Crippen LogP contribution in [0.2, 0.25) is 0 Å². The first-order chi connectivity index (χ1) is 37.7. The van der Waals surface area contributed by atoms with Gasteiger partial charge in [0.15, 0.2) is 0 Å². The van der Waals surface area contributed by atoms with Gasteiger partial charge in [0.25, 0.3) is 0 Å². The van der Waals surface area contributed by atoms with Gasteiger partial charge in [-0.3, -0.25) is 0 Å². The molecule has 0 heterocycles. The zero-order valence-electron chi connectivity index (χ0n) is 56.0. The number of benzene rings is 2. The van der Waals surface area contributed by atoms with Gasteiger partial charge in [-0.2, -0.15) is 0 Å². The quantitative estimate of drug-likeness (QED) is 0.0579. The summed E-state index contributed by atoms with van der Waals surface area (Å²) in [7, 11) is 0. The van der Waals surface area contributed by atoms with Crippen LogP contribution in [0.4, 0.5) is 0 Å². The molecule has 0 fully saturated rings. The highest BCUT2D eigenvalue weighted by atomic mass is 14.6. The molecule has 2 aromatic rings. The third kappa shape index (κ3) is 28.6. The smallest absolute Gasteiger partial charge is 0.0267 e. The maximum Gasteiger partial charge on any atom is 0.0267 e. The Bertz CT molecular complexity index is 1580. The first-order valence-electron chi connectivity index (χ1n) is 35.9. The minimum Gasteiger partial charge on any atom is -0.0654 e. The van der Waals surface area contributed by atoms with Gasteiger partial charge in [-0.25, -0.2) is 0 Å². The highest BCUT2D eigenvalue weighted by Gasteiger charge is 2.55. The largest absolute Gasteiger partial charge is 0.0654 e. The van der Waals surface area contributed by atoms with Crippen LogP contribution in [0.15, 0.2) is 36.4 Å². The van der Waals surface area contributed by atoms with Crippen molar-refractivity contribution in [2.45, 2.75) is 414 Å². The van der Waals surface area contributed by atoms with E-state index in [2.05, 4.69) is 126 Å². The molecular weight excluding hydrogens is 937 g/mol. The van der Waals surface area contributed by atoms with Crippen molar-refractivity contribution in [2.24, 2.45) is 11.3 Å². The molecule has 2 rings (SSSR count). The van der Waals surface area contributed by atoms with Gasteiger partial charge in [-0.05, 0) is 88.7 Å². The lowest BCUT2D eigenvalue weighted by Gasteiger charge is -2.57. The van der Waals surface area contributed by atoms with Crippen molar-refractivity contribution in [3.05, 3.63) is 69.8 Å². The van der Waals surface area contributed by atoms with Crippen molar-refractivity contribution in [1.29, 1.82) is 0 Å². The lowest BCUT2D eigenvalue weighted by molar-refractivity contribution is 0.0272. The molecule has 1 atom stereocenters. The maximum atomic E-state index is 2.84. The molecule has 454 valence electrons. The number of rotatable bonds is 52. The molecule has 0 N–H and O–H groups in total. The van der Waals surface area contributed by atoms with Gasteiger partial charge in [-0.15, -0.1) is 0 Å². The van der Waals surface area contributed by atoms with Crippen LogP contribution in [0.25, 0.3) is 0 Å². The third-order valence-corrected chi connectivity index (χ3v) is 19.8. The van der Waals surface area contributed by atoms with Crippen molar-refractivity contribution in [1.82, 2.24) is 0 Å². The Hall–Kier alpha value is -1.56. The Morgan fingerprint density at radius 2 is 0.526 bits per heavy atom. The summed E-state index contributed by atoms with van der Waals surface area (Å²) < 4.78 is 0. The molecule has 78 heavy (non-hydrogen) atoms. The first-order valence-corrected chi connectivity index (χ1v) is 35.9. The van der Waals surface area contributed by atoms with Gasteiger partial charge in [0.05, 0.1) is 0 Å². The Labute approximate surface area is 493 Å². The Morgan fingerprint density at radius 3 is 0.782 bits per heavy atom. The molecule has 0 aliphatic rings. The van der Waals surface area contributed by atoms with Crippen LogP contribution in [0.1, 0.15) is 418 Å². The molecule has 0 aromatic heterocycles. The molecule has 0 spiro atoms. The maximum absolute atomic E-state index is 2.84. The minimum atomic E-state index is -0.0723. The number of aryl methyl sites for hydroxylation is 2. The lowest BCUT2D eigenvalue weighted by atomic mass is 9.46. The van der Waals surface area contributed by atoms with Crippen molar-refractivity contribution in [2.75, 3.05) is 0 Å². The number of unbranched alkanes of at least 4 members (excludes halogenated alkanes) is 40. The van der Waals surface area contributed by atoms with E-state index < -0.39 is 0 Å². The summed E-state index contributed by atoms with van der Waals surface area (Å²) in [5, 5.41) is 0. The van der Waals surface area contributed by atoms with Crippen molar-refractivity contribution in [3.8, 4) is 0 Å². The Morgan fingerprint density at radius 1 is 0.295 bits per heavy atom. The average molecular weight is 1080 g/mol. The topological polar surface area (TPSA) is 0 Å². The second-order valence-corrected chi connectivity index (χ2v) is 28.7. The predicted molar refractivity (Wildman–Crippen MR) is 356 cm³/mol. The summed E-state index contributed by atoms with van der Waals surface area (Å²) in [6.07, 6.45) is 67.7. The third-order valence-electron chi connectivity index (χ3n) is 19.8. The monoisotopic (exact) mass is 1080 g/mol. The fraction of sp³-hybridized carbons (Fsp3) is 0.846. The molecule has 0 radical (unpaired) electrons. The van der Waals surface area contributed by atoms with E-state index in [0.717, 1.165) is 0 Å². The normalized spacial score (nSPS) is 13.0. The van der Waals surface area contributed by atoms with Gasteiger partial charge in [0, 0.05) is 5.41 Å². The molecule has 1 unspecified atom stereocenters. The summed E-state index contributed by atoms with van der Waals surface area (Å²) >= 11 is 0. The van der Waals surface area contributed by atoms with E-state index in [0.29, 0.717) is 5.92 Å². The van der Waals surface area contributed by atoms with E-state index in [1.54, 1.807) is 22.3 Å². The van der Waals surface area contributed by atoms with E-state index in [-0.39, 0.29) is 21.7 Å². The Balaban J connectivity index is 2.85. The van der Waals surface area contributed by atoms with Crippen LogP contribution in [0.5, 0.6) is 0 Å². The highest BCUT2D eigenvalue weighted by Crippen LogP contribution is 2.62. The molecular formula is C78H142. The van der Waals surface area contributed by atoms with Crippen LogP contribution in [-0.4, -0.2) is 0 Å². The molecule has 0 nitrogen and oxygen atoms in total. The second-order valence-electron chi connectivity index (χ2n) is 28.7. The molecule has 0 aliphatic carbocycles. The van der Waals surface area contributed by atoms with Crippen LogP contribution in [-0.2, 0) is 16.2 Å². The molecule has 0 bridgehead atoms. The summed E-state index contributed by atoms with van der Waals surface area (Å²) in [5.74, 6) is 0.644. The van der Waals surface area contributed by atoms with Gasteiger partial charge in [0.1, 0.15) is 0 Å². The van der Waals surface area contributed by atoms with Gasteiger partial charge < -0.3 is 0 Å². The van der Waals surface area contributed by atoms with Gasteiger partial charge >= 0.3 is 0 Å². The fourth-order valence-corrected chi connectivity index (χ4v) is 14.4. The van der Waals surface area contributed by atoms with Crippen LogP contribution in [0.3, 0.4) is 0 Å². The summed E-state index contributed by atoms with van der Waals surface area (Å²) in [5.41, 5.74) is 9.86. The first kappa shape index (κ1) is 72.5. The molecule has 2 aromatic carbocycles. The fourth-order valence-electron chi connectivity index (χ4n) is 14.4. The standard InChI is InChI=1S/C78H142/c1-14-18-22-26-30-34-38-42-46-50-54-58-70(7)77(63-55-51-47-43-39-35-31-27-23-19-15-2,64-56-52-48-44-40-36-32-28-24-20-16-3)78(73-66-71(75(8,9)10)61-59-68(73)5,74-67-72(76(11,12)13)62-60-69(74)6)65-57-53-49-45-41-37-33-29-25-21-17-4/h59-62,66-67,70H,14-58,63-65H2,1-13H3.